The number of ether oxygens (including phenoxy) is 4. The van der Waals surface area contributed by atoms with Crippen LogP contribution in [0, 0.1) is 0 Å². The summed E-state index contributed by atoms with van der Waals surface area (Å²) in [6.07, 6.45) is 1.84. The summed E-state index contributed by atoms with van der Waals surface area (Å²) in [4.78, 5) is 25.9. The van der Waals surface area contributed by atoms with Crippen LogP contribution in [0.15, 0.2) is 85.0 Å². The summed E-state index contributed by atoms with van der Waals surface area (Å²) in [7, 11) is 1.59. The Balaban J connectivity index is 0.000000235. The van der Waals surface area contributed by atoms with Gasteiger partial charge in [0, 0.05) is 45.8 Å². The lowest BCUT2D eigenvalue weighted by atomic mass is 9.84. The van der Waals surface area contributed by atoms with E-state index in [-0.39, 0.29) is 34.9 Å². The van der Waals surface area contributed by atoms with Gasteiger partial charge in [-0.05, 0) is 85.5 Å². The molecule has 14 nitrogen and oxygen atoms in total. The predicted molar refractivity (Wildman–Crippen MR) is 240 cm³/mol. The molecule has 0 fully saturated rings. The Bertz CT molecular complexity index is 2620. The smallest absolute Gasteiger partial charge is 0.333 e. The van der Waals surface area contributed by atoms with E-state index in [1.165, 1.54) is 9.59 Å². The van der Waals surface area contributed by atoms with Gasteiger partial charge in [0.25, 0.3) is 0 Å². The lowest BCUT2D eigenvalue weighted by Gasteiger charge is -2.23. The van der Waals surface area contributed by atoms with Crippen molar-refractivity contribution < 1.29 is 38.7 Å². The second kappa shape index (κ2) is 19.5. The van der Waals surface area contributed by atoms with E-state index in [2.05, 4.69) is 33.6 Å². The number of rotatable bonds is 14. The fourth-order valence-electron chi connectivity index (χ4n) is 6.17. The molecule has 2 heterocycles. The Kier molecular flexibility index (Phi) is 14.7. The average molecular weight is 867 g/mol. The maximum atomic E-state index is 11.5. The van der Waals surface area contributed by atoms with Crippen molar-refractivity contribution in [2.45, 2.75) is 85.5 Å². The zero-order valence-electron chi connectivity index (χ0n) is 36.8. The first-order chi connectivity index (χ1) is 29.2. The molecule has 0 bridgehead atoms. The molecule has 0 unspecified atom stereocenters. The van der Waals surface area contributed by atoms with Crippen LogP contribution in [0.5, 0.6) is 23.0 Å². The molecule has 6 rings (SSSR count). The molecule has 6 aromatic rings. The molecule has 2 aromatic heterocycles. The molecule has 4 aromatic carbocycles. The first-order valence-corrected chi connectivity index (χ1v) is 20.5. The number of aryl methyl sites for hydroxylation is 1. The Morgan fingerprint density at radius 2 is 1.15 bits per heavy atom. The third kappa shape index (κ3) is 11.7. The van der Waals surface area contributed by atoms with E-state index in [1.54, 1.807) is 51.3 Å². The Morgan fingerprint density at radius 3 is 1.69 bits per heavy atom. The summed E-state index contributed by atoms with van der Waals surface area (Å²) in [6, 6.07) is 18.1. The van der Waals surface area contributed by atoms with Crippen LogP contribution in [0.25, 0.3) is 33.4 Å². The van der Waals surface area contributed by atoms with Crippen LogP contribution in [0.1, 0.15) is 84.9 Å². The molecule has 0 aliphatic heterocycles. The fraction of sp³-hybridized carbons (Fsp3) is 0.362. The summed E-state index contributed by atoms with van der Waals surface area (Å²) in [5, 5.41) is 40.6. The van der Waals surface area contributed by atoms with E-state index in [1.807, 2.05) is 71.9 Å². The van der Waals surface area contributed by atoms with Crippen molar-refractivity contribution in [3.05, 3.63) is 107 Å². The number of methoxy groups -OCH3 is 1. The van der Waals surface area contributed by atoms with Gasteiger partial charge in [-0.3, -0.25) is 0 Å². The topological polar surface area (TPSA) is 173 Å². The largest absolute Gasteiger partial charge is 0.505 e. The van der Waals surface area contributed by atoms with Crippen molar-refractivity contribution in [1.82, 2.24) is 30.0 Å². The molecule has 0 spiro atoms. The molecule has 0 radical (unpaired) electrons. The lowest BCUT2D eigenvalue weighted by Crippen LogP contribution is -2.14. The summed E-state index contributed by atoms with van der Waals surface area (Å²) in [5.74, 6) is 0.670. The number of fused-ring (bicyclic) bond motifs is 2. The number of carbonyl (C=O) groups is 2. The van der Waals surface area contributed by atoms with Crippen molar-refractivity contribution in [2.75, 3.05) is 26.9 Å². The van der Waals surface area contributed by atoms with Crippen LogP contribution in [-0.4, -0.2) is 79.1 Å². The first kappa shape index (κ1) is 46.7. The lowest BCUT2D eigenvalue weighted by molar-refractivity contribution is -0.140. The van der Waals surface area contributed by atoms with E-state index in [0.29, 0.717) is 99.1 Å². The number of halogens is 1. The molecule has 15 heteroatoms. The molecule has 0 saturated carbocycles. The molecule has 62 heavy (non-hydrogen) atoms. The number of hydrogen-bond donors (Lipinski definition) is 2. The maximum absolute atomic E-state index is 11.5. The van der Waals surface area contributed by atoms with Crippen molar-refractivity contribution in [3.8, 4) is 34.4 Å². The first-order valence-electron chi connectivity index (χ1n) is 20.1. The van der Waals surface area contributed by atoms with Crippen LogP contribution in [0.2, 0.25) is 5.02 Å². The van der Waals surface area contributed by atoms with Gasteiger partial charge in [-0.2, -0.15) is 0 Å². The van der Waals surface area contributed by atoms with Crippen molar-refractivity contribution >= 4 is 45.6 Å². The number of phenols is 2. The van der Waals surface area contributed by atoms with E-state index in [9.17, 15) is 19.8 Å². The minimum absolute atomic E-state index is 0.0903. The third-order valence-corrected chi connectivity index (χ3v) is 9.76. The highest BCUT2D eigenvalue weighted by Crippen LogP contribution is 2.39. The third-order valence-electron chi connectivity index (χ3n) is 9.52. The molecule has 0 aliphatic carbocycles. The average Bonchev–Trinajstić information content (AvgIpc) is 3.83. The molecule has 0 saturated heterocycles. The highest BCUT2D eigenvalue weighted by atomic mass is 35.5. The van der Waals surface area contributed by atoms with E-state index in [0.717, 1.165) is 11.1 Å². The summed E-state index contributed by atoms with van der Waals surface area (Å²) < 4.78 is 21.4. The van der Waals surface area contributed by atoms with Crippen LogP contribution in [0.3, 0.4) is 0 Å². The molecule has 0 amide bonds. The molecule has 0 aliphatic rings. The predicted octanol–water partition coefficient (Wildman–Crippen LogP) is 9.45. The van der Waals surface area contributed by atoms with E-state index in [4.69, 9.17) is 30.5 Å². The number of aromatic nitrogens is 6. The van der Waals surface area contributed by atoms with Gasteiger partial charge in [0.15, 0.2) is 0 Å². The van der Waals surface area contributed by atoms with E-state index >= 15 is 0 Å². The summed E-state index contributed by atoms with van der Waals surface area (Å²) >= 11 is 6.06. The highest BCUT2D eigenvalue weighted by molar-refractivity contribution is 6.31. The van der Waals surface area contributed by atoms with Crippen LogP contribution >= 0.6 is 11.6 Å². The van der Waals surface area contributed by atoms with Gasteiger partial charge in [0.05, 0.1) is 26.9 Å². The highest BCUT2D eigenvalue weighted by Gasteiger charge is 2.25. The maximum Gasteiger partial charge on any atom is 0.333 e. The molecular formula is C47H55ClN6O8. The normalized spacial score (nSPS) is 11.5. The van der Waals surface area contributed by atoms with E-state index < -0.39 is 5.97 Å². The van der Waals surface area contributed by atoms with Crippen molar-refractivity contribution in [1.29, 1.82) is 0 Å². The van der Waals surface area contributed by atoms with Gasteiger partial charge in [0.2, 0.25) is 0 Å². The summed E-state index contributed by atoms with van der Waals surface area (Å²) in [5.41, 5.74) is 6.20. The second-order valence-electron chi connectivity index (χ2n) is 17.0. The number of phenolic OH excluding ortho intramolecular Hbond substituents is 2. The van der Waals surface area contributed by atoms with Gasteiger partial charge in [-0.15, -0.1) is 30.0 Å². The Morgan fingerprint density at radius 1 is 0.645 bits per heavy atom. The van der Waals surface area contributed by atoms with Crippen molar-refractivity contribution in [2.24, 2.45) is 0 Å². The quantitative estimate of drug-likeness (QED) is 0.0604. The minimum Gasteiger partial charge on any atom is -0.505 e. The number of aromatic hydroxyl groups is 2. The molecule has 328 valence electrons. The Hall–Kier alpha value is -6.41. The van der Waals surface area contributed by atoms with Gasteiger partial charge in [0.1, 0.15) is 56.4 Å². The van der Waals surface area contributed by atoms with Gasteiger partial charge in [-0.1, -0.05) is 72.4 Å². The van der Waals surface area contributed by atoms with Gasteiger partial charge >= 0.3 is 11.9 Å². The number of esters is 2. The summed E-state index contributed by atoms with van der Waals surface area (Å²) in [6.45, 7) is 23.4. The van der Waals surface area contributed by atoms with Gasteiger partial charge < -0.3 is 29.2 Å². The van der Waals surface area contributed by atoms with Crippen LogP contribution < -0.4 is 9.47 Å². The van der Waals surface area contributed by atoms with Crippen LogP contribution in [0.4, 0.5) is 0 Å². The SMILES string of the molecule is C=C(C)C(=O)OCCCOc1cc(-n2nc3ccc(OC)cc3n2)c(O)c(C(C)(C)C)c1.C=C(C)C(=O)OCCCc1cc(-n2nc3ccc(Cl)cc3n2)c(O)c(C(C)(C)C)c1. The van der Waals surface area contributed by atoms with Gasteiger partial charge in [-0.25, -0.2) is 9.59 Å². The number of hydrogen-bond acceptors (Lipinski definition) is 12. The second-order valence-corrected chi connectivity index (χ2v) is 17.4. The number of carbonyl (C=O) groups excluding carboxylic acids is 2. The molecule has 2 N–H and O–H groups in total. The zero-order valence-corrected chi connectivity index (χ0v) is 37.6. The zero-order chi connectivity index (χ0) is 45.5. The molecule has 0 atom stereocenters. The fourth-order valence-corrected chi connectivity index (χ4v) is 6.34. The standard InChI is InChI=1S/C24H29N3O5.C23H26ClN3O3/c1-15(2)23(29)32-11-7-10-31-17-12-18(24(3,4)5)22(28)21(14-17)27-25-19-9-8-16(30-6)13-20(19)26-27;1-14(2)22(29)30-10-6-7-15-11-17(23(3,4)5)21(28)20(12-15)27-25-18-9-8-16(24)13-19(18)26-27/h8-9,12-14,28H,1,7,10-11H2,2-6H3;8-9,11-13,28H,1,6-7,10H2,2-5H3. The minimum atomic E-state index is -0.416. The monoisotopic (exact) mass is 866 g/mol. The number of nitrogens with zero attached hydrogens (tertiary/aromatic N) is 6. The van der Waals surface area contributed by atoms with Crippen molar-refractivity contribution in [3.63, 3.8) is 0 Å². The number of benzene rings is 4. The van der Waals surface area contributed by atoms with Crippen LogP contribution in [-0.2, 0) is 36.3 Å². The molecular weight excluding hydrogens is 812 g/mol. The Labute approximate surface area is 366 Å².